The van der Waals surface area contributed by atoms with Gasteiger partial charge in [0, 0.05) is 81.0 Å². The molecule has 0 aliphatic carbocycles. The fourth-order valence-corrected chi connectivity index (χ4v) is 17.4. The normalized spacial score (nSPS) is 12.1. The first-order valence-corrected chi connectivity index (χ1v) is 38.6. The SMILES string of the molecule is Cc1cc(-c2c(C)ccc3c2oc2cc4ccccc4cc23)[n+](C)cn1.Cc1ccc2c(oc3cc4ccccc4cc32)c1-c1ccnc[n+]1C.Cc1ccc2c(oc3cc4ccccc4cc32)c1-c1n(C)c2ccccc2[n+]1C.[2H]C(C)(C)c1cccc2c1ccc(-c1c(C)c(C)cc3c1oc1cc4ccccc4cc13)[n+]2C. The van der Waals surface area contributed by atoms with E-state index in [1.807, 2.05) is 64.4 Å². The molecule has 8 aromatic heterocycles. The zero-order valence-electron chi connectivity index (χ0n) is 66.7. The maximum Gasteiger partial charge on any atom is 0.293 e. The van der Waals surface area contributed by atoms with Gasteiger partial charge in [-0.15, -0.1) is 0 Å². The average molecular weight is 1470 g/mol. The summed E-state index contributed by atoms with van der Waals surface area (Å²) >= 11 is 0. The standard InChI is InChI=1S/C31H28NO.C26H21N2O.C23H19N2O.C22H17N2O/c1-18(2)23-11-8-12-27-24(23)13-14-28(32(27)5)30-20(4)19(3)15-26-25-16-21-9-6-7-10-22(21)17-29(25)33-31(26)30;1-16-12-13-19-20-14-17-8-4-5-9-18(17)15-23(20)29-25(19)24(16)26-27(2)21-10-6-7-11-22(21)28(26)3;1-14-8-9-18-19-11-16-6-4-5-7-17(16)12-21(19)26-23(18)22(14)20-10-15(2)24-13-25(20)3;1-14-7-8-17-18-11-15-5-3-4-6-16(15)12-20(18)25-22(17)21(14)19-9-10-23-13-24(19)2/h6-18H,1-5H3;4-15H,1-3H3;4-13H,1-3H3;3-13H,1-2H3/q4*+1/i18D;;;. The number of para-hydroxylation sites is 2. The maximum atomic E-state index is 8.61. The van der Waals surface area contributed by atoms with Crippen LogP contribution in [0.3, 0.4) is 0 Å². The van der Waals surface area contributed by atoms with Crippen molar-refractivity contribution >= 4 is 153 Å². The summed E-state index contributed by atoms with van der Waals surface area (Å²) in [5, 5.41) is 20.1. The number of imidazole rings is 1. The minimum Gasteiger partial charge on any atom is -0.455 e. The monoisotopic (exact) mass is 1470 g/mol. The van der Waals surface area contributed by atoms with Crippen molar-refractivity contribution in [1.29, 1.82) is 0 Å². The Morgan fingerprint density at radius 3 is 1.25 bits per heavy atom. The van der Waals surface area contributed by atoms with E-state index in [-0.39, 0.29) is 0 Å². The zero-order chi connectivity index (χ0) is 78.3. The Morgan fingerprint density at radius 2 is 0.761 bits per heavy atom. The molecule has 0 atom stereocenters. The average Bonchev–Trinajstić information content (AvgIpc) is 1.70. The smallest absolute Gasteiger partial charge is 0.293 e. The zero-order valence-corrected chi connectivity index (χ0v) is 65.7. The second-order valence-corrected chi connectivity index (χ2v) is 30.7. The van der Waals surface area contributed by atoms with E-state index >= 15 is 0 Å². The fraction of sp³-hybridized carbons (Fsp3) is 0.137. The second-order valence-electron chi connectivity index (χ2n) is 30.7. The number of fused-ring (bicyclic) bond motifs is 18. The van der Waals surface area contributed by atoms with E-state index in [9.17, 15) is 0 Å². The molecule has 0 amide bonds. The molecule has 11 nitrogen and oxygen atoms in total. The van der Waals surface area contributed by atoms with E-state index < -0.39 is 5.89 Å². The third-order valence-electron chi connectivity index (χ3n) is 23.4. The molecule has 0 unspecified atom stereocenters. The molecule has 0 fully saturated rings. The van der Waals surface area contributed by atoms with Crippen LogP contribution in [0.15, 0.2) is 291 Å². The quantitative estimate of drug-likeness (QED) is 0.159. The van der Waals surface area contributed by atoms with Gasteiger partial charge >= 0.3 is 0 Å². The van der Waals surface area contributed by atoms with Crippen LogP contribution in [0.1, 0.15) is 60.2 Å². The molecule has 0 spiro atoms. The van der Waals surface area contributed by atoms with Crippen molar-refractivity contribution in [3.05, 3.63) is 313 Å². The van der Waals surface area contributed by atoms with Crippen molar-refractivity contribution < 1.29 is 37.3 Å². The third-order valence-corrected chi connectivity index (χ3v) is 23.4. The highest BCUT2D eigenvalue weighted by Crippen LogP contribution is 2.45. The van der Waals surface area contributed by atoms with Gasteiger partial charge in [0.2, 0.25) is 11.2 Å². The van der Waals surface area contributed by atoms with Crippen molar-refractivity contribution in [1.82, 2.24) is 14.5 Å². The summed E-state index contributed by atoms with van der Waals surface area (Å²) in [7, 11) is 10.4. The van der Waals surface area contributed by atoms with Crippen LogP contribution >= 0.6 is 0 Å². The van der Waals surface area contributed by atoms with Gasteiger partial charge in [0.05, 0.1) is 44.9 Å². The summed E-state index contributed by atoms with van der Waals surface area (Å²) in [4.78, 5) is 8.58. The third kappa shape index (κ3) is 11.7. The number of pyridine rings is 1. The van der Waals surface area contributed by atoms with Crippen molar-refractivity contribution in [3.63, 3.8) is 0 Å². The van der Waals surface area contributed by atoms with Gasteiger partial charge in [0.15, 0.2) is 22.3 Å². The van der Waals surface area contributed by atoms with Gasteiger partial charge in [0.25, 0.3) is 18.5 Å². The van der Waals surface area contributed by atoms with Crippen LogP contribution < -0.4 is 18.3 Å². The van der Waals surface area contributed by atoms with Gasteiger partial charge in [0.1, 0.15) is 69.3 Å². The number of rotatable bonds is 5. The molecule has 113 heavy (non-hydrogen) atoms. The summed E-state index contributed by atoms with van der Waals surface area (Å²) < 4.78 is 45.3. The van der Waals surface area contributed by atoms with Crippen LogP contribution in [0.2, 0.25) is 0 Å². The molecule has 22 rings (SSSR count). The predicted molar refractivity (Wildman–Crippen MR) is 463 cm³/mol. The Kier molecular flexibility index (Phi) is 16.7. The molecule has 0 aliphatic rings. The van der Waals surface area contributed by atoms with E-state index in [0.29, 0.717) is 0 Å². The lowest BCUT2D eigenvalue weighted by Crippen LogP contribution is -2.32. The summed E-state index contributed by atoms with van der Waals surface area (Å²) in [5.41, 5.74) is 27.0. The molecule has 14 aromatic carbocycles. The number of aryl methyl sites for hydroxylation is 10. The summed E-state index contributed by atoms with van der Waals surface area (Å²) in [6.45, 7) is 16.7. The first-order chi connectivity index (χ1) is 55.2. The maximum absolute atomic E-state index is 8.61. The Bertz CT molecular complexity index is 7720. The molecule has 548 valence electrons. The second kappa shape index (κ2) is 27.4. The van der Waals surface area contributed by atoms with E-state index in [2.05, 4.69) is 333 Å². The lowest BCUT2D eigenvalue weighted by Gasteiger charge is -2.12. The molecule has 0 bridgehead atoms. The predicted octanol–water partition coefficient (Wildman–Crippen LogP) is 24.3. The molecule has 8 heterocycles. The first-order valence-electron chi connectivity index (χ1n) is 39.1. The molecular formula is C102H85N7O4+4. The minimum absolute atomic E-state index is 0.665. The van der Waals surface area contributed by atoms with Crippen molar-refractivity contribution in [2.45, 2.75) is 61.3 Å². The van der Waals surface area contributed by atoms with Crippen LogP contribution in [0.25, 0.3) is 198 Å². The van der Waals surface area contributed by atoms with E-state index in [0.717, 1.165) is 150 Å². The molecule has 0 saturated heterocycles. The Labute approximate surface area is 655 Å². The molecular weight excluding hydrogens is 1390 g/mol. The molecule has 22 aromatic rings. The minimum atomic E-state index is -0.665. The van der Waals surface area contributed by atoms with Crippen LogP contribution in [-0.2, 0) is 35.2 Å². The topological polar surface area (TPSA) is 98.8 Å². The number of benzene rings is 14. The molecule has 0 saturated carbocycles. The van der Waals surface area contributed by atoms with Crippen LogP contribution in [0, 0.1) is 41.5 Å². The number of hydrogen-bond acceptors (Lipinski definition) is 6. The highest BCUT2D eigenvalue weighted by Gasteiger charge is 2.30. The number of aromatic nitrogens is 7. The van der Waals surface area contributed by atoms with Gasteiger partial charge < -0.3 is 17.7 Å². The van der Waals surface area contributed by atoms with Gasteiger partial charge in [-0.1, -0.05) is 182 Å². The van der Waals surface area contributed by atoms with E-state index in [1.54, 1.807) is 0 Å². The van der Waals surface area contributed by atoms with Gasteiger partial charge in [-0.05, 0) is 190 Å². The molecule has 0 N–H and O–H groups in total. The van der Waals surface area contributed by atoms with Gasteiger partial charge in [-0.25, -0.2) is 18.3 Å². The van der Waals surface area contributed by atoms with Crippen LogP contribution in [0.5, 0.6) is 0 Å². The highest BCUT2D eigenvalue weighted by atomic mass is 16.3. The van der Waals surface area contributed by atoms with Gasteiger partial charge in [-0.2, -0.15) is 4.57 Å². The molecule has 0 radical (unpaired) electrons. The Morgan fingerprint density at radius 1 is 0.345 bits per heavy atom. The fourth-order valence-electron chi connectivity index (χ4n) is 17.4. The lowest BCUT2D eigenvalue weighted by molar-refractivity contribution is -0.663. The lowest BCUT2D eigenvalue weighted by atomic mass is 9.94. The summed E-state index contributed by atoms with van der Waals surface area (Å²) in [5.74, 6) is 0.485. The Hall–Kier alpha value is -13.6. The first kappa shape index (κ1) is 68.6. The largest absolute Gasteiger partial charge is 0.455 e. The van der Waals surface area contributed by atoms with E-state index in [4.69, 9.17) is 19.0 Å². The highest BCUT2D eigenvalue weighted by molar-refractivity contribution is 6.17. The van der Waals surface area contributed by atoms with E-state index in [1.165, 1.54) is 87.3 Å². The van der Waals surface area contributed by atoms with Gasteiger partial charge in [-0.3, -0.25) is 0 Å². The van der Waals surface area contributed by atoms with Crippen molar-refractivity contribution in [2.24, 2.45) is 35.2 Å². The van der Waals surface area contributed by atoms with Crippen LogP contribution in [-0.4, -0.2) is 14.5 Å². The molecule has 11 heteroatoms. The number of furan rings is 4. The number of hydrogen-bond donors (Lipinski definition) is 0. The van der Waals surface area contributed by atoms with Crippen LogP contribution in [0.4, 0.5) is 0 Å². The Balaban J connectivity index is 0.000000103. The summed E-state index contributed by atoms with van der Waals surface area (Å²) in [6, 6.07) is 89.9. The molecule has 0 aliphatic heterocycles. The van der Waals surface area contributed by atoms with Crippen molar-refractivity contribution in [2.75, 3.05) is 0 Å². The van der Waals surface area contributed by atoms with Crippen molar-refractivity contribution in [3.8, 4) is 45.2 Å². The number of nitrogens with zero attached hydrogens (tertiary/aromatic N) is 7. The summed E-state index contributed by atoms with van der Waals surface area (Å²) in [6.07, 6.45) is 5.51.